The number of imidazole rings is 1. The summed E-state index contributed by atoms with van der Waals surface area (Å²) in [6.07, 6.45) is 2.65. The van der Waals surface area contributed by atoms with Gasteiger partial charge in [0, 0.05) is 28.2 Å². The molecule has 1 aliphatic rings. The number of carbonyl (C=O) groups excluding carboxylic acids is 2. The van der Waals surface area contributed by atoms with Crippen molar-refractivity contribution < 1.29 is 23.8 Å². The third-order valence-corrected chi connectivity index (χ3v) is 14.5. The Kier molecular flexibility index (Phi) is 9.89. The molecule has 1 amide bonds. The van der Waals surface area contributed by atoms with E-state index in [0.29, 0.717) is 30.1 Å². The number of esters is 1. The van der Waals surface area contributed by atoms with Crippen LogP contribution in [0.1, 0.15) is 36.8 Å². The number of thiophene rings is 2. The van der Waals surface area contributed by atoms with Gasteiger partial charge in [0.1, 0.15) is 44.0 Å². The third-order valence-electron chi connectivity index (χ3n) is 8.19. The van der Waals surface area contributed by atoms with E-state index in [1.165, 1.54) is 26.5 Å². The molecule has 264 valence electrons. The summed E-state index contributed by atoms with van der Waals surface area (Å²) >= 11 is 3.31. The van der Waals surface area contributed by atoms with Gasteiger partial charge in [0.2, 0.25) is 11.8 Å². The number of amides is 1. The Morgan fingerprint density at radius 1 is 1.10 bits per heavy atom. The van der Waals surface area contributed by atoms with E-state index in [2.05, 4.69) is 55.4 Å². The highest BCUT2D eigenvalue weighted by atomic mass is 32.1. The number of likely N-dealkylation sites (N-methyl/N-ethyl adjacent to an activating group) is 1. The highest BCUT2D eigenvalue weighted by molar-refractivity contribution is 7.30. The summed E-state index contributed by atoms with van der Waals surface area (Å²) in [4.78, 5) is 45.7. The smallest absolute Gasteiger partial charge is 0.407 e. The zero-order chi connectivity index (χ0) is 36.5. The minimum atomic E-state index is -1.99. The summed E-state index contributed by atoms with van der Waals surface area (Å²) in [6.45, 7) is 11.3. The number of hydrogen-bond donors (Lipinski definition) is 3. The van der Waals surface area contributed by atoms with Gasteiger partial charge in [-0.15, -0.1) is 22.7 Å². The number of rotatable bonds is 11. The summed E-state index contributed by atoms with van der Waals surface area (Å²) in [5.74, 6) is -0.205. The Hall–Kier alpha value is -5.24. The largest absolute Gasteiger partial charge is 0.471 e. The van der Waals surface area contributed by atoms with Crippen molar-refractivity contribution in [2.45, 2.75) is 52.6 Å². The summed E-state index contributed by atoms with van der Waals surface area (Å²) in [6, 6.07) is 14.0. The van der Waals surface area contributed by atoms with Gasteiger partial charge in [0.05, 0.1) is 17.9 Å². The van der Waals surface area contributed by atoms with Crippen molar-refractivity contribution in [3.8, 4) is 21.7 Å². The number of alkyl carbamates (subject to hydrolysis) is 1. The lowest BCUT2D eigenvalue weighted by Gasteiger charge is -2.19. The second kappa shape index (κ2) is 14.2. The van der Waals surface area contributed by atoms with E-state index in [4.69, 9.17) is 19.9 Å². The number of aromatic amines is 1. The van der Waals surface area contributed by atoms with Gasteiger partial charge < -0.3 is 35.1 Å². The van der Waals surface area contributed by atoms with Gasteiger partial charge in [-0.25, -0.2) is 14.6 Å². The molecule has 0 saturated heterocycles. The van der Waals surface area contributed by atoms with E-state index in [-0.39, 0.29) is 24.7 Å². The minimum absolute atomic E-state index is 0.0117. The van der Waals surface area contributed by atoms with E-state index in [0.717, 1.165) is 21.0 Å². The number of nitrogens with two attached hydrogens (primary N) is 1. The molecule has 5 aromatic rings. The van der Waals surface area contributed by atoms with Crippen LogP contribution in [0, 0.1) is 11.3 Å². The molecule has 0 radical (unpaired) electrons. The maximum absolute atomic E-state index is 12.6. The van der Waals surface area contributed by atoms with Crippen LogP contribution in [-0.2, 0) is 27.4 Å². The van der Waals surface area contributed by atoms with Crippen LogP contribution in [0.5, 0.6) is 5.88 Å². The number of fused-ring (bicyclic) bond motifs is 4. The van der Waals surface area contributed by atoms with Crippen molar-refractivity contribution in [1.29, 1.82) is 5.26 Å². The van der Waals surface area contributed by atoms with E-state index < -0.39 is 25.7 Å². The van der Waals surface area contributed by atoms with E-state index in [1.807, 2.05) is 37.4 Å². The molecule has 13 nitrogen and oxygen atoms in total. The molecule has 0 atom stereocenters. The average molecular weight is 743 g/mol. The molecule has 5 heterocycles. The minimum Gasteiger partial charge on any atom is -0.471 e. The number of ether oxygens (including phenoxy) is 3. The van der Waals surface area contributed by atoms with E-state index in [9.17, 15) is 14.9 Å². The second-order valence-corrected chi connectivity index (χ2v) is 20.0. The van der Waals surface area contributed by atoms with Gasteiger partial charge in [-0.2, -0.15) is 15.2 Å². The summed E-state index contributed by atoms with van der Waals surface area (Å²) in [7, 11) is 0.00132. The maximum atomic E-state index is 12.6. The quantitative estimate of drug-likeness (QED) is 0.0713. The molecular formula is C35H38N8O5S2Si. The maximum Gasteiger partial charge on any atom is 0.407 e. The van der Waals surface area contributed by atoms with Crippen molar-refractivity contribution >= 4 is 81.4 Å². The molecule has 0 aliphatic carbocycles. The van der Waals surface area contributed by atoms with Crippen LogP contribution in [0.3, 0.4) is 0 Å². The Morgan fingerprint density at radius 3 is 2.53 bits per heavy atom. The second-order valence-electron chi connectivity index (χ2n) is 13.5. The summed E-state index contributed by atoms with van der Waals surface area (Å²) < 4.78 is 16.7. The molecule has 4 aromatic heterocycles. The van der Waals surface area contributed by atoms with Crippen LogP contribution >= 0.6 is 22.7 Å². The number of H-pyrrole nitrogens is 1. The molecule has 0 bridgehead atoms. The van der Waals surface area contributed by atoms with Crippen molar-refractivity contribution in [3.05, 3.63) is 64.3 Å². The monoisotopic (exact) mass is 742 g/mol. The topological polar surface area (TPSA) is 181 Å². The fourth-order valence-electron chi connectivity index (χ4n) is 5.51. The number of nitrogens with one attached hydrogen (secondary N) is 2. The van der Waals surface area contributed by atoms with Crippen LogP contribution < -0.4 is 31.1 Å². The predicted molar refractivity (Wildman–Crippen MR) is 202 cm³/mol. The number of nitriles is 1. The number of aromatic nitrogens is 4. The summed E-state index contributed by atoms with van der Waals surface area (Å²) in [5, 5.41) is 16.2. The standard InChI is InChI=1S/C35H38N8O5S2Si/c1-35(2,3)48-32(44)22(16-36)13-23-14-24-28(49-23)29-25(51(24,5)6)15-26(50-29)43(4)11-12-46-34(45)38-17-20-7-9-21(10-8-20)18-47-31-27-30(40-19-39-27)41-33(37)42-31/h7-10,13-15,19H,11-12,17-18H2,1-6H3,(H,38,45)(H3,37,39,40,41,42)/b22-13-. The van der Waals surface area contributed by atoms with Gasteiger partial charge >= 0.3 is 12.1 Å². The van der Waals surface area contributed by atoms with Crippen molar-refractivity contribution in [2.24, 2.45) is 0 Å². The van der Waals surface area contributed by atoms with Crippen LogP contribution in [0.15, 0.2) is 48.3 Å². The average Bonchev–Trinajstić information content (AvgIpc) is 3.85. The molecule has 16 heteroatoms. The van der Waals surface area contributed by atoms with Gasteiger partial charge in [0.15, 0.2) is 5.65 Å². The predicted octanol–water partition coefficient (Wildman–Crippen LogP) is 5.05. The molecule has 1 aliphatic heterocycles. The fraction of sp³-hybridized carbons (Fsp3) is 0.314. The highest BCUT2D eigenvalue weighted by Crippen LogP contribution is 2.42. The zero-order valence-corrected chi connectivity index (χ0v) is 31.8. The summed E-state index contributed by atoms with van der Waals surface area (Å²) in [5.41, 5.74) is 7.90. The number of benzene rings is 1. The van der Waals surface area contributed by atoms with E-state index >= 15 is 0 Å². The van der Waals surface area contributed by atoms with Crippen molar-refractivity contribution in [1.82, 2.24) is 25.3 Å². The van der Waals surface area contributed by atoms with Gasteiger partial charge in [-0.3, -0.25) is 0 Å². The molecule has 0 saturated carbocycles. The van der Waals surface area contributed by atoms with Crippen LogP contribution in [0.25, 0.3) is 27.0 Å². The lowest BCUT2D eigenvalue weighted by molar-refractivity contribution is -0.149. The molecule has 1 aromatic carbocycles. The van der Waals surface area contributed by atoms with Crippen molar-refractivity contribution in [3.63, 3.8) is 0 Å². The van der Waals surface area contributed by atoms with Gasteiger partial charge in [0.25, 0.3) is 0 Å². The number of carbonyl (C=O) groups is 2. The van der Waals surface area contributed by atoms with Crippen molar-refractivity contribution in [2.75, 3.05) is 30.8 Å². The number of anilines is 2. The van der Waals surface area contributed by atoms with Gasteiger partial charge in [-0.05, 0) is 60.5 Å². The molecule has 6 rings (SSSR count). The fourth-order valence-corrected chi connectivity index (χ4v) is 12.6. The SMILES string of the molecule is CN(CCOC(=O)NCc1ccc(COc2nc(N)nc3nc[nH]c23)cc1)c1cc2c(s1)-c1sc(/C=C(/C#N)C(=O)OC(C)(C)C)cc1[Si]2(C)C. The normalized spacial score (nSPS) is 13.3. The van der Waals surface area contributed by atoms with Crippen LogP contribution in [-0.4, -0.2) is 65.9 Å². The molecule has 0 unspecified atom stereocenters. The molecule has 4 N–H and O–H groups in total. The Balaban J connectivity index is 0.989. The number of nitrogen functional groups attached to an aromatic ring is 1. The highest BCUT2D eigenvalue weighted by Gasteiger charge is 2.41. The number of nitrogens with zero attached hydrogens (tertiary/aromatic N) is 5. The Morgan fingerprint density at radius 2 is 1.80 bits per heavy atom. The zero-order valence-electron chi connectivity index (χ0n) is 29.1. The number of hydrogen-bond acceptors (Lipinski definition) is 13. The first-order chi connectivity index (χ1) is 24.2. The first-order valence-corrected chi connectivity index (χ1v) is 20.8. The van der Waals surface area contributed by atoms with E-state index in [1.54, 1.807) is 49.5 Å². The molecular weight excluding hydrogens is 705 g/mol. The Bertz CT molecular complexity index is 2180. The lowest BCUT2D eigenvalue weighted by atomic mass is 10.1. The lowest BCUT2D eigenvalue weighted by Crippen LogP contribution is -2.48. The first-order valence-electron chi connectivity index (χ1n) is 16.1. The molecule has 0 fully saturated rings. The molecule has 0 spiro atoms. The Labute approximate surface area is 304 Å². The van der Waals surface area contributed by atoms with Gasteiger partial charge in [-0.1, -0.05) is 37.4 Å². The van der Waals surface area contributed by atoms with Crippen LogP contribution in [0.2, 0.25) is 13.1 Å². The van der Waals surface area contributed by atoms with Crippen LogP contribution in [0.4, 0.5) is 15.7 Å². The molecule has 51 heavy (non-hydrogen) atoms. The first kappa shape index (κ1) is 35.6. The third kappa shape index (κ3) is 7.90.